The Labute approximate surface area is 131 Å². The predicted octanol–water partition coefficient (Wildman–Crippen LogP) is 3.10. The standard InChI is InChI=1S/C16H13ClFN3O/c17-12-4-3-5-13(18)15(12)16(22)19-8-7-11-10-21-9-2-1-6-14(21)20-11/h1-6,9-10H,7-8H2,(H,19,22). The van der Waals surface area contributed by atoms with Crippen molar-refractivity contribution in [3.05, 3.63) is 70.9 Å². The quantitative estimate of drug-likeness (QED) is 0.803. The Morgan fingerprint density at radius 2 is 2.14 bits per heavy atom. The summed E-state index contributed by atoms with van der Waals surface area (Å²) < 4.78 is 15.5. The first-order valence-electron chi connectivity index (χ1n) is 6.80. The van der Waals surface area contributed by atoms with Gasteiger partial charge in [-0.3, -0.25) is 4.79 Å². The zero-order valence-electron chi connectivity index (χ0n) is 11.6. The van der Waals surface area contributed by atoms with E-state index < -0.39 is 11.7 Å². The number of pyridine rings is 1. The van der Waals surface area contributed by atoms with Crippen LogP contribution in [0.5, 0.6) is 0 Å². The second-order valence-electron chi connectivity index (χ2n) is 4.80. The summed E-state index contributed by atoms with van der Waals surface area (Å²) in [6, 6.07) is 9.89. The van der Waals surface area contributed by atoms with Gasteiger partial charge < -0.3 is 9.72 Å². The molecule has 22 heavy (non-hydrogen) atoms. The van der Waals surface area contributed by atoms with E-state index in [1.807, 2.05) is 35.0 Å². The summed E-state index contributed by atoms with van der Waals surface area (Å²) in [5.41, 5.74) is 1.58. The number of carbonyl (C=O) groups excluding carboxylic acids is 1. The van der Waals surface area contributed by atoms with Crippen LogP contribution in [0, 0.1) is 5.82 Å². The second-order valence-corrected chi connectivity index (χ2v) is 5.21. The van der Waals surface area contributed by atoms with Crippen LogP contribution in [0.4, 0.5) is 4.39 Å². The van der Waals surface area contributed by atoms with E-state index in [1.54, 1.807) is 0 Å². The Morgan fingerprint density at radius 1 is 1.27 bits per heavy atom. The number of fused-ring (bicyclic) bond motifs is 1. The Balaban J connectivity index is 1.64. The normalized spacial score (nSPS) is 10.8. The fraction of sp³-hybridized carbons (Fsp3) is 0.125. The molecule has 0 fully saturated rings. The molecule has 3 rings (SSSR count). The Hall–Kier alpha value is -2.40. The third kappa shape index (κ3) is 2.94. The minimum atomic E-state index is -0.627. The molecule has 0 atom stereocenters. The number of hydrogen-bond acceptors (Lipinski definition) is 2. The van der Waals surface area contributed by atoms with Gasteiger partial charge in [0.05, 0.1) is 16.3 Å². The smallest absolute Gasteiger partial charge is 0.255 e. The lowest BCUT2D eigenvalue weighted by molar-refractivity contribution is 0.0950. The van der Waals surface area contributed by atoms with Crippen molar-refractivity contribution in [3.63, 3.8) is 0 Å². The number of nitrogens with one attached hydrogen (secondary N) is 1. The average molecular weight is 318 g/mol. The minimum absolute atomic E-state index is 0.102. The molecule has 6 heteroatoms. The molecular weight excluding hydrogens is 305 g/mol. The Morgan fingerprint density at radius 3 is 2.91 bits per heavy atom. The number of halogens is 2. The maximum absolute atomic E-state index is 13.6. The van der Waals surface area contributed by atoms with Crippen LogP contribution in [0.15, 0.2) is 48.8 Å². The van der Waals surface area contributed by atoms with Gasteiger partial charge in [-0.25, -0.2) is 9.37 Å². The van der Waals surface area contributed by atoms with Gasteiger partial charge in [-0.1, -0.05) is 23.7 Å². The summed E-state index contributed by atoms with van der Waals surface area (Å²) in [6.45, 7) is 0.355. The SMILES string of the molecule is O=C(NCCc1cn2ccccc2n1)c1c(F)cccc1Cl. The lowest BCUT2D eigenvalue weighted by atomic mass is 10.2. The van der Waals surface area contributed by atoms with Gasteiger partial charge in [-0.2, -0.15) is 0 Å². The summed E-state index contributed by atoms with van der Waals surface area (Å²) in [5.74, 6) is -1.15. The largest absolute Gasteiger partial charge is 0.352 e. The molecule has 1 amide bonds. The van der Waals surface area contributed by atoms with Crippen molar-refractivity contribution in [1.82, 2.24) is 14.7 Å². The maximum Gasteiger partial charge on any atom is 0.255 e. The molecule has 0 bridgehead atoms. The van der Waals surface area contributed by atoms with E-state index in [-0.39, 0.29) is 10.6 Å². The van der Waals surface area contributed by atoms with Crippen molar-refractivity contribution in [3.8, 4) is 0 Å². The molecule has 1 aromatic carbocycles. The first kappa shape index (κ1) is 14.5. The van der Waals surface area contributed by atoms with Gasteiger partial charge in [0.15, 0.2) is 0 Å². The van der Waals surface area contributed by atoms with Crippen LogP contribution in [0.2, 0.25) is 5.02 Å². The van der Waals surface area contributed by atoms with Gasteiger partial charge in [0.1, 0.15) is 11.5 Å². The van der Waals surface area contributed by atoms with Crippen LogP contribution < -0.4 is 5.32 Å². The van der Waals surface area contributed by atoms with E-state index in [4.69, 9.17) is 11.6 Å². The number of carbonyl (C=O) groups is 1. The third-order valence-electron chi connectivity index (χ3n) is 3.27. The zero-order chi connectivity index (χ0) is 15.5. The fourth-order valence-corrected chi connectivity index (χ4v) is 2.46. The van der Waals surface area contributed by atoms with Crippen LogP contribution in [-0.4, -0.2) is 21.8 Å². The Kier molecular flexibility index (Phi) is 4.06. The number of amides is 1. The van der Waals surface area contributed by atoms with Gasteiger partial charge in [0.25, 0.3) is 5.91 Å². The average Bonchev–Trinajstić information content (AvgIpc) is 2.89. The number of imidazole rings is 1. The lowest BCUT2D eigenvalue weighted by Gasteiger charge is -2.06. The van der Waals surface area contributed by atoms with Crippen LogP contribution in [0.25, 0.3) is 5.65 Å². The van der Waals surface area contributed by atoms with Gasteiger partial charge in [0, 0.05) is 25.4 Å². The summed E-state index contributed by atoms with van der Waals surface area (Å²) in [4.78, 5) is 16.4. The van der Waals surface area contributed by atoms with Crippen molar-refractivity contribution < 1.29 is 9.18 Å². The molecule has 0 saturated heterocycles. The highest BCUT2D eigenvalue weighted by molar-refractivity contribution is 6.33. The van der Waals surface area contributed by atoms with Gasteiger partial charge in [-0.05, 0) is 24.3 Å². The van der Waals surface area contributed by atoms with E-state index in [0.29, 0.717) is 13.0 Å². The molecule has 0 radical (unpaired) electrons. The molecule has 0 aliphatic heterocycles. The molecular formula is C16H13ClFN3O. The van der Waals surface area contributed by atoms with Crippen molar-refractivity contribution in [2.45, 2.75) is 6.42 Å². The van der Waals surface area contributed by atoms with Crippen LogP contribution in [-0.2, 0) is 6.42 Å². The van der Waals surface area contributed by atoms with Gasteiger partial charge >= 0.3 is 0 Å². The summed E-state index contributed by atoms with van der Waals surface area (Å²) in [5, 5.41) is 2.76. The number of nitrogens with zero attached hydrogens (tertiary/aromatic N) is 2. The number of aromatic nitrogens is 2. The predicted molar refractivity (Wildman–Crippen MR) is 82.6 cm³/mol. The second kappa shape index (κ2) is 6.15. The highest BCUT2D eigenvalue weighted by Gasteiger charge is 2.15. The lowest BCUT2D eigenvalue weighted by Crippen LogP contribution is -2.27. The van der Waals surface area contributed by atoms with Gasteiger partial charge in [0.2, 0.25) is 0 Å². The first-order chi connectivity index (χ1) is 10.6. The number of rotatable bonds is 4. The van der Waals surface area contributed by atoms with Crippen LogP contribution in [0.3, 0.4) is 0 Å². The zero-order valence-corrected chi connectivity index (χ0v) is 12.3. The topological polar surface area (TPSA) is 46.4 Å². The molecule has 0 spiro atoms. The van der Waals surface area contributed by atoms with Crippen molar-refractivity contribution >= 4 is 23.2 Å². The number of benzene rings is 1. The molecule has 4 nitrogen and oxygen atoms in total. The van der Waals surface area contributed by atoms with Crippen molar-refractivity contribution in [2.75, 3.05) is 6.54 Å². The summed E-state index contributed by atoms with van der Waals surface area (Å²) >= 11 is 5.86. The molecule has 3 aromatic rings. The molecule has 0 saturated carbocycles. The van der Waals surface area contributed by atoms with E-state index in [2.05, 4.69) is 10.3 Å². The molecule has 2 aromatic heterocycles. The summed E-state index contributed by atoms with van der Waals surface area (Å²) in [7, 11) is 0. The fourth-order valence-electron chi connectivity index (χ4n) is 2.21. The van der Waals surface area contributed by atoms with Crippen molar-refractivity contribution in [2.24, 2.45) is 0 Å². The van der Waals surface area contributed by atoms with Gasteiger partial charge in [-0.15, -0.1) is 0 Å². The molecule has 0 unspecified atom stereocenters. The van der Waals surface area contributed by atoms with E-state index in [1.165, 1.54) is 18.2 Å². The monoisotopic (exact) mass is 317 g/mol. The molecule has 112 valence electrons. The molecule has 0 aliphatic carbocycles. The maximum atomic E-state index is 13.6. The highest BCUT2D eigenvalue weighted by Crippen LogP contribution is 2.18. The van der Waals surface area contributed by atoms with E-state index in [0.717, 1.165) is 11.3 Å². The van der Waals surface area contributed by atoms with E-state index >= 15 is 0 Å². The van der Waals surface area contributed by atoms with Crippen LogP contribution >= 0.6 is 11.6 Å². The minimum Gasteiger partial charge on any atom is -0.352 e. The third-order valence-corrected chi connectivity index (χ3v) is 3.59. The molecule has 2 heterocycles. The summed E-state index contributed by atoms with van der Waals surface area (Å²) in [6.07, 6.45) is 4.36. The van der Waals surface area contributed by atoms with Crippen molar-refractivity contribution in [1.29, 1.82) is 0 Å². The van der Waals surface area contributed by atoms with Crippen LogP contribution in [0.1, 0.15) is 16.1 Å². The molecule has 1 N–H and O–H groups in total. The number of hydrogen-bond donors (Lipinski definition) is 1. The Bertz CT molecular complexity index is 778. The van der Waals surface area contributed by atoms with E-state index in [9.17, 15) is 9.18 Å². The molecule has 0 aliphatic rings. The first-order valence-corrected chi connectivity index (χ1v) is 7.18. The highest BCUT2D eigenvalue weighted by atomic mass is 35.5.